The molecule has 0 fully saturated rings. The number of nitrogens with one attached hydrogen (secondary N) is 1. The van der Waals surface area contributed by atoms with Crippen LogP contribution in [-0.4, -0.2) is 13.7 Å². The molecule has 5 heteroatoms. The molecule has 0 aromatic heterocycles. The van der Waals surface area contributed by atoms with Crippen LogP contribution < -0.4 is 19.5 Å². The Labute approximate surface area is 177 Å². The number of methoxy groups -OCH3 is 1. The lowest BCUT2D eigenvalue weighted by atomic mass is 10.1. The fourth-order valence-electron chi connectivity index (χ4n) is 2.89. The molecule has 0 atom stereocenters. The summed E-state index contributed by atoms with van der Waals surface area (Å²) in [4.78, 5) is 0. The van der Waals surface area contributed by atoms with Crippen LogP contribution in [0.1, 0.15) is 23.6 Å². The minimum atomic E-state index is 0.465. The van der Waals surface area contributed by atoms with E-state index in [1.807, 2.05) is 55.5 Å². The Morgan fingerprint density at radius 3 is 2.10 bits per heavy atom. The molecule has 0 radical (unpaired) electrons. The highest BCUT2D eigenvalue weighted by atomic mass is 35.5. The maximum atomic E-state index is 5.97. The lowest BCUT2D eigenvalue weighted by Crippen LogP contribution is -2.12. The molecule has 0 bridgehead atoms. The third kappa shape index (κ3) is 6.41. The van der Waals surface area contributed by atoms with E-state index < -0.39 is 0 Å². The Morgan fingerprint density at radius 1 is 0.759 bits per heavy atom. The van der Waals surface area contributed by atoms with Gasteiger partial charge in [-0.3, -0.25) is 0 Å². The summed E-state index contributed by atoms with van der Waals surface area (Å²) in [6, 6.07) is 21.8. The molecule has 3 rings (SSSR count). The summed E-state index contributed by atoms with van der Waals surface area (Å²) in [5, 5.41) is 4.18. The van der Waals surface area contributed by atoms with Crippen molar-refractivity contribution in [2.45, 2.75) is 26.6 Å². The second kappa shape index (κ2) is 10.7. The highest BCUT2D eigenvalue weighted by Gasteiger charge is 2.07. The minimum Gasteiger partial charge on any atom is -0.497 e. The van der Waals surface area contributed by atoms with Gasteiger partial charge in [-0.05, 0) is 60.0 Å². The van der Waals surface area contributed by atoms with Gasteiger partial charge in [-0.2, -0.15) is 0 Å². The van der Waals surface area contributed by atoms with Crippen molar-refractivity contribution in [3.05, 3.63) is 88.4 Å². The van der Waals surface area contributed by atoms with Crippen LogP contribution in [0.15, 0.2) is 66.7 Å². The predicted octanol–water partition coefficient (Wildman–Crippen LogP) is 5.62. The van der Waals surface area contributed by atoms with E-state index in [4.69, 9.17) is 25.8 Å². The van der Waals surface area contributed by atoms with Gasteiger partial charge in [-0.1, -0.05) is 41.9 Å². The third-order valence-electron chi connectivity index (χ3n) is 4.43. The Balaban J connectivity index is 1.58. The van der Waals surface area contributed by atoms with Crippen LogP contribution >= 0.6 is 11.6 Å². The lowest BCUT2D eigenvalue weighted by Gasteiger charge is -2.14. The van der Waals surface area contributed by atoms with Crippen molar-refractivity contribution in [2.24, 2.45) is 0 Å². The van der Waals surface area contributed by atoms with Gasteiger partial charge in [0, 0.05) is 18.1 Å². The van der Waals surface area contributed by atoms with Crippen molar-refractivity contribution in [1.82, 2.24) is 5.32 Å². The van der Waals surface area contributed by atoms with E-state index in [2.05, 4.69) is 23.5 Å². The molecule has 4 nitrogen and oxygen atoms in total. The van der Waals surface area contributed by atoms with Crippen molar-refractivity contribution in [1.29, 1.82) is 0 Å². The number of hydrogen-bond acceptors (Lipinski definition) is 4. The van der Waals surface area contributed by atoms with Gasteiger partial charge in [0.1, 0.15) is 12.4 Å². The van der Waals surface area contributed by atoms with Crippen molar-refractivity contribution in [3.8, 4) is 17.2 Å². The van der Waals surface area contributed by atoms with E-state index in [0.717, 1.165) is 46.5 Å². The van der Waals surface area contributed by atoms with Gasteiger partial charge in [0.25, 0.3) is 0 Å². The lowest BCUT2D eigenvalue weighted by molar-refractivity contribution is 0.269. The molecule has 0 saturated carbocycles. The molecular formula is C24H26ClNO3. The largest absolute Gasteiger partial charge is 0.497 e. The van der Waals surface area contributed by atoms with Crippen LogP contribution in [0.3, 0.4) is 0 Å². The van der Waals surface area contributed by atoms with E-state index in [0.29, 0.717) is 13.2 Å². The summed E-state index contributed by atoms with van der Waals surface area (Å²) >= 11 is 5.93. The number of halogens is 1. The molecule has 0 amide bonds. The zero-order chi connectivity index (χ0) is 20.5. The molecule has 0 aliphatic heterocycles. The molecule has 0 heterocycles. The van der Waals surface area contributed by atoms with E-state index in [1.54, 1.807) is 7.11 Å². The zero-order valence-electron chi connectivity index (χ0n) is 16.8. The second-order valence-electron chi connectivity index (χ2n) is 6.58. The second-order valence-corrected chi connectivity index (χ2v) is 7.02. The molecule has 3 aromatic rings. The molecule has 3 aromatic carbocycles. The maximum absolute atomic E-state index is 5.97. The Kier molecular flexibility index (Phi) is 7.79. The van der Waals surface area contributed by atoms with E-state index in [-0.39, 0.29) is 0 Å². The summed E-state index contributed by atoms with van der Waals surface area (Å²) in [6.45, 7) is 4.54. The van der Waals surface area contributed by atoms with Gasteiger partial charge in [0.2, 0.25) is 0 Å². The number of benzene rings is 3. The standard InChI is InChI=1S/C24H26ClNO3/c1-3-28-24-14-20(16-26-15-18-6-11-22(27-2)12-7-18)8-13-23(24)29-17-19-4-9-21(25)10-5-19/h4-14,26H,3,15-17H2,1-2H3. The zero-order valence-corrected chi connectivity index (χ0v) is 17.5. The van der Waals surface area contributed by atoms with Gasteiger partial charge in [-0.15, -0.1) is 0 Å². The molecule has 0 spiro atoms. The smallest absolute Gasteiger partial charge is 0.161 e. The number of ether oxygens (including phenoxy) is 3. The van der Waals surface area contributed by atoms with Crippen LogP contribution in [0.2, 0.25) is 5.02 Å². The summed E-state index contributed by atoms with van der Waals surface area (Å²) in [5.41, 5.74) is 3.40. The Morgan fingerprint density at radius 2 is 1.41 bits per heavy atom. The highest BCUT2D eigenvalue weighted by Crippen LogP contribution is 2.29. The number of rotatable bonds is 10. The summed E-state index contributed by atoms with van der Waals surface area (Å²) < 4.78 is 16.9. The highest BCUT2D eigenvalue weighted by molar-refractivity contribution is 6.30. The van der Waals surface area contributed by atoms with E-state index >= 15 is 0 Å². The summed E-state index contributed by atoms with van der Waals surface area (Å²) in [6.07, 6.45) is 0. The molecule has 0 aliphatic carbocycles. The Hall–Kier alpha value is -2.69. The van der Waals surface area contributed by atoms with Crippen molar-refractivity contribution in [2.75, 3.05) is 13.7 Å². The van der Waals surface area contributed by atoms with Crippen molar-refractivity contribution >= 4 is 11.6 Å². The van der Waals surface area contributed by atoms with Gasteiger partial charge >= 0.3 is 0 Å². The monoisotopic (exact) mass is 411 g/mol. The molecule has 0 saturated heterocycles. The van der Waals surface area contributed by atoms with E-state index in [9.17, 15) is 0 Å². The van der Waals surface area contributed by atoms with Gasteiger partial charge in [0.15, 0.2) is 11.5 Å². The molecule has 0 aliphatic rings. The average Bonchev–Trinajstić information content (AvgIpc) is 2.75. The first kappa shape index (κ1) is 21.0. The summed E-state index contributed by atoms with van der Waals surface area (Å²) in [5.74, 6) is 2.36. The topological polar surface area (TPSA) is 39.7 Å². The van der Waals surface area contributed by atoms with Crippen molar-refractivity contribution < 1.29 is 14.2 Å². The van der Waals surface area contributed by atoms with Gasteiger partial charge in [0.05, 0.1) is 13.7 Å². The number of hydrogen-bond donors (Lipinski definition) is 1. The molecule has 152 valence electrons. The predicted molar refractivity (Wildman–Crippen MR) is 117 cm³/mol. The first-order chi connectivity index (χ1) is 14.2. The minimum absolute atomic E-state index is 0.465. The van der Waals surface area contributed by atoms with Gasteiger partial charge in [-0.25, -0.2) is 0 Å². The van der Waals surface area contributed by atoms with Crippen LogP contribution in [0.4, 0.5) is 0 Å². The molecule has 0 unspecified atom stereocenters. The Bertz CT molecular complexity index is 895. The van der Waals surface area contributed by atoms with Crippen LogP contribution in [0.25, 0.3) is 0 Å². The van der Waals surface area contributed by atoms with Crippen LogP contribution in [0, 0.1) is 0 Å². The van der Waals surface area contributed by atoms with Crippen LogP contribution in [0.5, 0.6) is 17.2 Å². The normalized spacial score (nSPS) is 10.6. The average molecular weight is 412 g/mol. The summed E-state index contributed by atoms with van der Waals surface area (Å²) in [7, 11) is 1.67. The quantitative estimate of drug-likeness (QED) is 0.470. The third-order valence-corrected chi connectivity index (χ3v) is 4.68. The maximum Gasteiger partial charge on any atom is 0.161 e. The van der Waals surface area contributed by atoms with E-state index in [1.165, 1.54) is 5.56 Å². The van der Waals surface area contributed by atoms with Crippen LogP contribution in [-0.2, 0) is 19.7 Å². The molecule has 1 N–H and O–H groups in total. The fraction of sp³-hybridized carbons (Fsp3) is 0.250. The molecule has 29 heavy (non-hydrogen) atoms. The van der Waals surface area contributed by atoms with Crippen molar-refractivity contribution in [3.63, 3.8) is 0 Å². The van der Waals surface area contributed by atoms with Gasteiger partial charge < -0.3 is 19.5 Å². The molecular weight excluding hydrogens is 386 g/mol. The fourth-order valence-corrected chi connectivity index (χ4v) is 3.01. The first-order valence-electron chi connectivity index (χ1n) is 9.64. The SMILES string of the molecule is CCOc1cc(CNCc2ccc(OC)cc2)ccc1OCc1ccc(Cl)cc1. The first-order valence-corrected chi connectivity index (χ1v) is 10.0.